The van der Waals surface area contributed by atoms with E-state index in [4.69, 9.17) is 5.11 Å². The number of Topliss-reactive ketones (excluding diaryl/α,β-unsaturated/α-hetero) is 1. The molecule has 3 aromatic rings. The number of carbonyl (C=O) groups excluding carboxylic acids is 1. The maximum Gasteiger partial charge on any atom is 0.306 e. The van der Waals surface area contributed by atoms with Crippen molar-refractivity contribution in [3.05, 3.63) is 54.4 Å². The summed E-state index contributed by atoms with van der Waals surface area (Å²) < 4.78 is 1.20. The van der Waals surface area contributed by atoms with Crippen molar-refractivity contribution in [1.29, 1.82) is 0 Å². The topological polar surface area (TPSA) is 72.2 Å². The van der Waals surface area contributed by atoms with E-state index in [1.54, 1.807) is 13.1 Å². The Kier molecular flexibility index (Phi) is 5.61. The molecule has 0 aliphatic heterocycles. The highest BCUT2D eigenvalue weighted by Crippen LogP contribution is 2.36. The fraction of sp³-hybridized carbons (Fsp3) is 0.318. The van der Waals surface area contributed by atoms with Gasteiger partial charge in [-0.1, -0.05) is 49.0 Å². The Morgan fingerprint density at radius 1 is 1.18 bits per heavy atom. The maximum atomic E-state index is 12.7. The molecule has 5 nitrogen and oxygen atoms in total. The van der Waals surface area contributed by atoms with Crippen LogP contribution in [0.15, 0.2) is 53.9 Å². The summed E-state index contributed by atoms with van der Waals surface area (Å²) in [5.41, 5.74) is 2.20. The van der Waals surface area contributed by atoms with Gasteiger partial charge in [-0.3, -0.25) is 14.2 Å². The average molecular weight is 397 g/mol. The van der Waals surface area contributed by atoms with E-state index in [0.717, 1.165) is 11.1 Å². The highest BCUT2D eigenvalue weighted by atomic mass is 32.2. The number of carboxylic acids is 1. The summed E-state index contributed by atoms with van der Waals surface area (Å²) in [5.74, 6) is -1.76. The second-order valence-corrected chi connectivity index (χ2v) is 9.10. The number of aryl methyl sites for hydroxylation is 1. The number of benzene rings is 2. The van der Waals surface area contributed by atoms with E-state index in [0.29, 0.717) is 5.16 Å². The Labute approximate surface area is 168 Å². The van der Waals surface area contributed by atoms with Gasteiger partial charge in [-0.25, -0.2) is 4.98 Å². The van der Waals surface area contributed by atoms with Crippen molar-refractivity contribution < 1.29 is 14.7 Å². The molecular weight excluding hydrogens is 372 g/mol. The Bertz CT molecular complexity index is 1040. The van der Waals surface area contributed by atoms with Crippen LogP contribution in [-0.2, 0) is 9.59 Å². The molecule has 0 aliphatic carbocycles. The quantitative estimate of drug-likeness (QED) is 0.576. The van der Waals surface area contributed by atoms with Gasteiger partial charge < -0.3 is 5.11 Å². The molecule has 1 atom stereocenters. The van der Waals surface area contributed by atoms with Gasteiger partial charge in [-0.15, -0.1) is 0 Å². The van der Waals surface area contributed by atoms with Crippen LogP contribution in [0.2, 0.25) is 0 Å². The molecule has 0 radical (unpaired) electrons. The number of aromatic nitrogens is 2. The van der Waals surface area contributed by atoms with Crippen LogP contribution in [0.1, 0.15) is 32.8 Å². The van der Waals surface area contributed by atoms with E-state index in [-0.39, 0.29) is 12.2 Å². The third-order valence-corrected chi connectivity index (χ3v) is 6.14. The molecule has 28 heavy (non-hydrogen) atoms. The van der Waals surface area contributed by atoms with E-state index in [1.807, 2.05) is 36.7 Å². The molecule has 0 amide bonds. The fourth-order valence-corrected chi connectivity index (χ4v) is 4.11. The zero-order valence-electron chi connectivity index (χ0n) is 16.5. The lowest BCUT2D eigenvalue weighted by Crippen LogP contribution is -2.31. The van der Waals surface area contributed by atoms with E-state index < -0.39 is 16.6 Å². The Balaban J connectivity index is 1.94. The predicted octanol–water partition coefficient (Wildman–Crippen LogP) is 4.88. The lowest BCUT2D eigenvalue weighted by atomic mass is 9.97. The van der Waals surface area contributed by atoms with Crippen LogP contribution in [0.4, 0.5) is 0 Å². The van der Waals surface area contributed by atoms with E-state index in [1.165, 1.54) is 22.7 Å². The zero-order chi connectivity index (χ0) is 20.5. The molecule has 0 saturated heterocycles. The molecule has 1 aromatic heterocycles. The first kappa shape index (κ1) is 20.1. The monoisotopic (exact) mass is 396 g/mol. The van der Waals surface area contributed by atoms with E-state index in [9.17, 15) is 9.59 Å². The number of nitrogens with zero attached hydrogens (tertiary/aromatic N) is 2. The molecule has 0 aliphatic rings. The number of rotatable bonds is 7. The third kappa shape index (κ3) is 3.97. The lowest BCUT2D eigenvalue weighted by molar-refractivity contribution is -0.143. The standard InChI is InChI=1S/C22H24N2O3S/c1-14-9-10-18(17-8-6-5-7-16(14)17)24-12-11-23-21(24)28-22(3,4)19(25)13-15(2)20(26)27/h5-12,15H,13H2,1-4H3,(H,26,27). The molecule has 3 rings (SSSR count). The second-order valence-electron chi connectivity index (χ2n) is 7.51. The van der Waals surface area contributed by atoms with Crippen molar-refractivity contribution in [3.8, 4) is 5.69 Å². The first-order valence-corrected chi connectivity index (χ1v) is 9.99. The van der Waals surface area contributed by atoms with Gasteiger partial charge in [0.2, 0.25) is 0 Å². The molecule has 2 aromatic carbocycles. The molecule has 0 saturated carbocycles. The SMILES string of the molecule is Cc1ccc(-n2ccnc2SC(C)(C)C(=O)CC(C)C(=O)O)c2ccccc12. The lowest BCUT2D eigenvalue weighted by Gasteiger charge is -2.23. The number of ketones is 1. The van der Waals surface area contributed by atoms with Gasteiger partial charge in [0.1, 0.15) is 5.78 Å². The van der Waals surface area contributed by atoms with Gasteiger partial charge >= 0.3 is 5.97 Å². The molecule has 0 fully saturated rings. The van der Waals surface area contributed by atoms with Crippen LogP contribution in [0.3, 0.4) is 0 Å². The first-order chi connectivity index (χ1) is 13.2. The van der Waals surface area contributed by atoms with Crippen LogP contribution in [0.25, 0.3) is 16.5 Å². The van der Waals surface area contributed by atoms with Crippen LogP contribution >= 0.6 is 11.8 Å². The number of aliphatic carboxylic acids is 1. The van der Waals surface area contributed by atoms with Crippen molar-refractivity contribution in [2.45, 2.75) is 44.0 Å². The Hall–Kier alpha value is -2.60. The van der Waals surface area contributed by atoms with Crippen LogP contribution < -0.4 is 0 Å². The summed E-state index contributed by atoms with van der Waals surface area (Å²) in [6, 6.07) is 12.3. The molecule has 1 heterocycles. The predicted molar refractivity (Wildman–Crippen MR) is 112 cm³/mol. The number of carboxylic acid groups (broad SMARTS) is 1. The van der Waals surface area contributed by atoms with Gasteiger partial charge in [-0.2, -0.15) is 0 Å². The summed E-state index contributed by atoms with van der Waals surface area (Å²) >= 11 is 1.36. The van der Waals surface area contributed by atoms with Gasteiger partial charge in [0.25, 0.3) is 0 Å². The van der Waals surface area contributed by atoms with Crippen LogP contribution in [0, 0.1) is 12.8 Å². The number of hydrogen-bond acceptors (Lipinski definition) is 4. The van der Waals surface area contributed by atoms with Crippen LogP contribution in [-0.4, -0.2) is 31.2 Å². The van der Waals surface area contributed by atoms with Gasteiger partial charge in [0.05, 0.1) is 16.4 Å². The Morgan fingerprint density at radius 2 is 1.86 bits per heavy atom. The Morgan fingerprint density at radius 3 is 2.54 bits per heavy atom. The number of hydrogen-bond donors (Lipinski definition) is 1. The molecule has 1 N–H and O–H groups in total. The minimum absolute atomic E-state index is 0.00348. The largest absolute Gasteiger partial charge is 0.481 e. The summed E-state index contributed by atoms with van der Waals surface area (Å²) in [4.78, 5) is 28.2. The summed E-state index contributed by atoms with van der Waals surface area (Å²) in [7, 11) is 0. The van der Waals surface area contributed by atoms with E-state index in [2.05, 4.69) is 36.2 Å². The van der Waals surface area contributed by atoms with Crippen molar-refractivity contribution in [3.63, 3.8) is 0 Å². The fourth-order valence-electron chi connectivity index (χ4n) is 3.09. The second kappa shape index (κ2) is 7.80. The number of thioether (sulfide) groups is 1. The number of fused-ring (bicyclic) bond motifs is 1. The molecule has 1 unspecified atom stereocenters. The molecule has 0 spiro atoms. The minimum Gasteiger partial charge on any atom is -0.481 e. The number of imidazole rings is 1. The van der Waals surface area contributed by atoms with Crippen molar-refractivity contribution in [2.75, 3.05) is 0 Å². The summed E-state index contributed by atoms with van der Waals surface area (Å²) in [5, 5.41) is 12.1. The normalized spacial score (nSPS) is 12.9. The van der Waals surface area contributed by atoms with Crippen molar-refractivity contribution >= 4 is 34.3 Å². The van der Waals surface area contributed by atoms with Crippen LogP contribution in [0.5, 0.6) is 0 Å². The number of carbonyl (C=O) groups is 2. The summed E-state index contributed by atoms with van der Waals surface area (Å²) in [6.45, 7) is 7.28. The minimum atomic E-state index is -0.957. The van der Waals surface area contributed by atoms with E-state index >= 15 is 0 Å². The molecule has 0 bridgehead atoms. The molecular formula is C22H24N2O3S. The maximum absolute atomic E-state index is 12.7. The smallest absolute Gasteiger partial charge is 0.306 e. The van der Waals surface area contributed by atoms with Gasteiger partial charge in [0.15, 0.2) is 5.16 Å². The van der Waals surface area contributed by atoms with Crippen molar-refractivity contribution in [2.24, 2.45) is 5.92 Å². The summed E-state index contributed by atoms with van der Waals surface area (Å²) in [6.07, 6.45) is 3.61. The highest BCUT2D eigenvalue weighted by Gasteiger charge is 2.33. The highest BCUT2D eigenvalue weighted by molar-refractivity contribution is 8.01. The van der Waals surface area contributed by atoms with Gasteiger partial charge in [-0.05, 0) is 37.8 Å². The molecule has 6 heteroatoms. The molecule has 146 valence electrons. The van der Waals surface area contributed by atoms with Crippen molar-refractivity contribution in [1.82, 2.24) is 9.55 Å². The third-order valence-electron chi connectivity index (χ3n) is 4.92. The zero-order valence-corrected chi connectivity index (χ0v) is 17.3. The first-order valence-electron chi connectivity index (χ1n) is 9.18. The van der Waals surface area contributed by atoms with Gasteiger partial charge in [0, 0.05) is 24.2 Å². The average Bonchev–Trinajstić information content (AvgIpc) is 3.09.